The summed E-state index contributed by atoms with van der Waals surface area (Å²) in [6.07, 6.45) is 0.418. The lowest BCUT2D eigenvalue weighted by Gasteiger charge is -2.08. The number of halogens is 1. The van der Waals surface area contributed by atoms with Crippen molar-refractivity contribution in [1.29, 1.82) is 0 Å². The molecule has 9 heteroatoms. The van der Waals surface area contributed by atoms with Gasteiger partial charge in [0.15, 0.2) is 0 Å². The molecule has 3 aromatic rings. The minimum atomic E-state index is -0.510. The molecule has 0 radical (unpaired) electrons. The Kier molecular flexibility index (Phi) is 5.65. The van der Waals surface area contributed by atoms with Crippen molar-refractivity contribution in [2.24, 2.45) is 0 Å². The Morgan fingerprint density at radius 1 is 1.35 bits per heavy atom. The van der Waals surface area contributed by atoms with Gasteiger partial charge in [0, 0.05) is 23.8 Å². The van der Waals surface area contributed by atoms with Crippen molar-refractivity contribution in [2.45, 2.75) is 12.8 Å². The summed E-state index contributed by atoms with van der Waals surface area (Å²) < 4.78 is 9.81. The topological polar surface area (TPSA) is 94.3 Å². The highest BCUT2D eigenvalue weighted by Crippen LogP contribution is 2.24. The summed E-state index contributed by atoms with van der Waals surface area (Å²) in [5, 5.41) is 10.7. The molecular weight excluding hydrogens is 378 g/mol. The Morgan fingerprint density at radius 3 is 2.92 bits per heavy atom. The van der Waals surface area contributed by atoms with Gasteiger partial charge in [-0.3, -0.25) is 4.79 Å². The second-order valence-electron chi connectivity index (χ2n) is 5.26. The van der Waals surface area contributed by atoms with Crippen LogP contribution in [0.4, 0.5) is 5.69 Å². The summed E-state index contributed by atoms with van der Waals surface area (Å²) in [5.74, 6) is 0.0689. The Hall–Kier alpha value is -2.71. The van der Waals surface area contributed by atoms with Crippen LogP contribution < -0.4 is 5.32 Å². The normalized spacial score (nSPS) is 10.5. The number of esters is 1. The Labute approximate surface area is 157 Å². The zero-order chi connectivity index (χ0) is 18.5. The number of rotatable bonds is 6. The minimum absolute atomic E-state index is 0.129. The first-order valence-corrected chi connectivity index (χ1v) is 8.92. The largest absolute Gasteiger partial charge is 0.465 e. The first-order chi connectivity index (χ1) is 12.6. The van der Waals surface area contributed by atoms with Crippen LogP contribution in [0.1, 0.15) is 22.7 Å². The van der Waals surface area contributed by atoms with E-state index in [1.807, 2.05) is 16.8 Å². The molecule has 1 N–H and O–H groups in total. The molecular formula is C17H14ClN3O4S. The van der Waals surface area contributed by atoms with E-state index in [1.54, 1.807) is 0 Å². The number of amides is 1. The average Bonchev–Trinajstić information content (AvgIpc) is 3.32. The lowest BCUT2D eigenvalue weighted by molar-refractivity contribution is -0.116. The maximum atomic E-state index is 12.2. The number of aromatic nitrogens is 2. The second kappa shape index (κ2) is 8.11. The van der Waals surface area contributed by atoms with E-state index in [2.05, 4.69) is 20.2 Å². The van der Waals surface area contributed by atoms with E-state index in [1.165, 1.54) is 36.6 Å². The van der Waals surface area contributed by atoms with Crippen LogP contribution >= 0.6 is 22.9 Å². The fourth-order valence-electron chi connectivity index (χ4n) is 2.16. The number of benzene rings is 1. The number of carbonyl (C=O) groups is 2. The van der Waals surface area contributed by atoms with Crippen LogP contribution in [0.15, 0.2) is 39.5 Å². The molecule has 2 aromatic heterocycles. The lowest BCUT2D eigenvalue weighted by atomic mass is 10.2. The van der Waals surface area contributed by atoms with Gasteiger partial charge in [-0.1, -0.05) is 16.8 Å². The number of hydrogen-bond donors (Lipinski definition) is 1. The van der Waals surface area contributed by atoms with Crippen LogP contribution in [-0.2, 0) is 16.0 Å². The molecule has 26 heavy (non-hydrogen) atoms. The van der Waals surface area contributed by atoms with Gasteiger partial charge in [-0.15, -0.1) is 0 Å². The van der Waals surface area contributed by atoms with Crippen molar-refractivity contribution >= 4 is 40.5 Å². The van der Waals surface area contributed by atoms with Gasteiger partial charge in [0.1, 0.15) is 0 Å². The molecule has 0 bridgehead atoms. The van der Waals surface area contributed by atoms with Crippen molar-refractivity contribution in [2.75, 3.05) is 12.4 Å². The van der Waals surface area contributed by atoms with E-state index >= 15 is 0 Å². The molecule has 0 aliphatic heterocycles. The number of methoxy groups -OCH3 is 1. The van der Waals surface area contributed by atoms with E-state index in [0.717, 1.165) is 5.56 Å². The number of nitrogens with one attached hydrogen (secondary N) is 1. The Morgan fingerprint density at radius 2 is 2.19 bits per heavy atom. The third-order valence-electron chi connectivity index (χ3n) is 3.47. The molecule has 0 spiro atoms. The number of anilines is 1. The molecule has 0 saturated heterocycles. The summed E-state index contributed by atoms with van der Waals surface area (Å²) in [4.78, 5) is 28.0. The van der Waals surface area contributed by atoms with E-state index in [-0.39, 0.29) is 18.7 Å². The predicted molar refractivity (Wildman–Crippen MR) is 97.4 cm³/mol. The van der Waals surface area contributed by atoms with Crippen molar-refractivity contribution in [3.8, 4) is 11.4 Å². The highest BCUT2D eigenvalue weighted by molar-refractivity contribution is 7.08. The van der Waals surface area contributed by atoms with Crippen LogP contribution in [-0.4, -0.2) is 29.1 Å². The number of carbonyl (C=O) groups excluding carboxylic acids is 2. The van der Waals surface area contributed by atoms with Crippen LogP contribution in [0.25, 0.3) is 11.4 Å². The number of ether oxygens (including phenoxy) is 1. The monoisotopic (exact) mass is 391 g/mol. The van der Waals surface area contributed by atoms with Crippen LogP contribution in [0, 0.1) is 0 Å². The molecule has 0 atom stereocenters. The third kappa shape index (κ3) is 4.27. The number of hydrogen-bond acceptors (Lipinski definition) is 7. The van der Waals surface area contributed by atoms with E-state index in [9.17, 15) is 9.59 Å². The maximum absolute atomic E-state index is 12.2. The first kappa shape index (κ1) is 18.1. The minimum Gasteiger partial charge on any atom is -0.465 e. The lowest BCUT2D eigenvalue weighted by Crippen LogP contribution is -2.13. The summed E-state index contributed by atoms with van der Waals surface area (Å²) in [6.45, 7) is 0. The van der Waals surface area contributed by atoms with Crippen molar-refractivity contribution < 1.29 is 18.8 Å². The van der Waals surface area contributed by atoms with Crippen LogP contribution in [0.2, 0.25) is 5.02 Å². The SMILES string of the molecule is COC(=O)c1ccc(Cl)c(NC(=O)CCc2nc(-c3ccsc3)no2)c1. The third-order valence-corrected chi connectivity index (χ3v) is 4.49. The van der Waals surface area contributed by atoms with Gasteiger partial charge in [0.25, 0.3) is 0 Å². The Bertz CT molecular complexity index is 924. The highest BCUT2D eigenvalue weighted by Gasteiger charge is 2.14. The molecule has 0 saturated carbocycles. The fourth-order valence-corrected chi connectivity index (χ4v) is 2.96. The molecule has 0 aliphatic rings. The van der Waals surface area contributed by atoms with E-state index in [4.69, 9.17) is 16.1 Å². The molecule has 1 aromatic carbocycles. The summed E-state index contributed by atoms with van der Waals surface area (Å²) >= 11 is 7.60. The number of thiophene rings is 1. The second-order valence-corrected chi connectivity index (χ2v) is 6.45. The smallest absolute Gasteiger partial charge is 0.337 e. The molecule has 0 aliphatic carbocycles. The van der Waals surface area contributed by atoms with Gasteiger partial charge in [-0.25, -0.2) is 4.79 Å². The number of nitrogens with zero attached hydrogens (tertiary/aromatic N) is 2. The van der Waals surface area contributed by atoms with Crippen molar-refractivity contribution in [1.82, 2.24) is 10.1 Å². The molecule has 0 unspecified atom stereocenters. The molecule has 7 nitrogen and oxygen atoms in total. The van der Waals surface area contributed by atoms with Crippen LogP contribution in [0.3, 0.4) is 0 Å². The average molecular weight is 392 g/mol. The molecule has 0 fully saturated rings. The molecule has 2 heterocycles. The zero-order valence-electron chi connectivity index (χ0n) is 13.7. The molecule has 1 amide bonds. The van der Waals surface area contributed by atoms with Crippen LogP contribution in [0.5, 0.6) is 0 Å². The fraction of sp³-hybridized carbons (Fsp3) is 0.176. The van der Waals surface area contributed by atoms with Crippen molar-refractivity contribution in [3.05, 3.63) is 51.5 Å². The summed E-state index contributed by atoms with van der Waals surface area (Å²) in [5.41, 5.74) is 1.51. The van der Waals surface area contributed by atoms with Gasteiger partial charge >= 0.3 is 5.97 Å². The molecule has 134 valence electrons. The standard InChI is InChI=1S/C17H14ClN3O4S/c1-24-17(23)10-2-3-12(18)13(8-10)19-14(22)4-5-15-20-16(21-25-15)11-6-7-26-9-11/h2-3,6-9H,4-5H2,1H3,(H,19,22). The maximum Gasteiger partial charge on any atom is 0.337 e. The first-order valence-electron chi connectivity index (χ1n) is 7.59. The van der Waals surface area contributed by atoms with Gasteiger partial charge in [-0.05, 0) is 29.6 Å². The molecule has 3 rings (SSSR count). The Balaban J connectivity index is 1.60. The van der Waals surface area contributed by atoms with E-state index in [0.29, 0.717) is 28.0 Å². The number of aryl methyl sites for hydroxylation is 1. The summed E-state index contributed by atoms with van der Waals surface area (Å²) in [6, 6.07) is 6.40. The van der Waals surface area contributed by atoms with Gasteiger partial charge < -0.3 is 14.6 Å². The van der Waals surface area contributed by atoms with Gasteiger partial charge in [0.05, 0.1) is 23.4 Å². The van der Waals surface area contributed by atoms with Crippen molar-refractivity contribution in [3.63, 3.8) is 0 Å². The van der Waals surface area contributed by atoms with Gasteiger partial charge in [0.2, 0.25) is 17.6 Å². The summed E-state index contributed by atoms with van der Waals surface area (Å²) in [7, 11) is 1.28. The zero-order valence-corrected chi connectivity index (χ0v) is 15.3. The van der Waals surface area contributed by atoms with E-state index < -0.39 is 5.97 Å². The quantitative estimate of drug-likeness (QED) is 0.642. The highest BCUT2D eigenvalue weighted by atomic mass is 35.5. The predicted octanol–water partition coefficient (Wildman–Crippen LogP) is 3.81. The van der Waals surface area contributed by atoms with Gasteiger partial charge in [-0.2, -0.15) is 16.3 Å².